The number of nitrogens with zero attached hydrogens (tertiary/aromatic N) is 2. The van der Waals surface area contributed by atoms with Crippen molar-refractivity contribution in [3.05, 3.63) is 62.7 Å². The second kappa shape index (κ2) is 7.18. The van der Waals surface area contributed by atoms with E-state index in [1.54, 1.807) is 19.1 Å². The zero-order chi connectivity index (χ0) is 18.8. The second-order valence-corrected chi connectivity index (χ2v) is 7.17. The molecule has 0 radical (unpaired) electrons. The molecule has 132 valence electrons. The van der Waals surface area contributed by atoms with E-state index in [-0.39, 0.29) is 15.5 Å². The minimum absolute atomic E-state index is 0.00722. The highest BCUT2D eigenvalue weighted by Gasteiger charge is 2.12. The Morgan fingerprint density at radius 3 is 2.40 bits per heavy atom. The average Bonchev–Trinajstić information content (AvgIpc) is 2.54. The van der Waals surface area contributed by atoms with Crippen molar-refractivity contribution in [1.29, 1.82) is 0 Å². The lowest BCUT2D eigenvalue weighted by Crippen LogP contribution is -2.12. The number of aliphatic imine (C=N–C) groups is 1. The molecule has 0 spiro atoms. The molecule has 0 heterocycles. The second-order valence-electron chi connectivity index (χ2n) is 5.17. The molecule has 0 fully saturated rings. The number of hydrogen-bond acceptors (Lipinski definition) is 6. The van der Waals surface area contributed by atoms with Crippen molar-refractivity contribution in [3.8, 4) is 5.75 Å². The first-order valence-corrected chi connectivity index (χ1v) is 8.83. The van der Waals surface area contributed by atoms with Gasteiger partial charge in [0, 0.05) is 17.3 Å². The van der Waals surface area contributed by atoms with E-state index in [4.69, 9.17) is 16.7 Å². The Morgan fingerprint density at radius 1 is 1.28 bits per heavy atom. The first-order valence-electron chi connectivity index (χ1n) is 6.90. The molecule has 8 nitrogen and oxygen atoms in total. The predicted octanol–water partition coefficient (Wildman–Crippen LogP) is 2.15. The van der Waals surface area contributed by atoms with Crippen LogP contribution in [0.3, 0.4) is 0 Å². The molecule has 2 aromatic rings. The maximum absolute atomic E-state index is 12.0. The molecule has 0 amide bonds. The monoisotopic (exact) mass is 382 g/mol. The minimum Gasteiger partial charge on any atom is -0.867 e. The van der Waals surface area contributed by atoms with Crippen LogP contribution in [0.25, 0.3) is 0 Å². The molecule has 0 aliphatic rings. The number of rotatable bonds is 5. The summed E-state index contributed by atoms with van der Waals surface area (Å²) in [5, 5.41) is 27.9. The highest BCUT2D eigenvalue weighted by Crippen LogP contribution is 2.30. The van der Waals surface area contributed by atoms with E-state index >= 15 is 0 Å². The summed E-state index contributed by atoms with van der Waals surface area (Å²) in [7, 11) is -3.78. The van der Waals surface area contributed by atoms with Crippen molar-refractivity contribution in [2.75, 3.05) is 0 Å². The molecule has 0 aromatic heterocycles. The third kappa shape index (κ3) is 4.53. The number of benzene rings is 2. The van der Waals surface area contributed by atoms with Crippen LogP contribution in [0.2, 0.25) is 5.02 Å². The van der Waals surface area contributed by atoms with Gasteiger partial charge in [0.15, 0.2) is 0 Å². The summed E-state index contributed by atoms with van der Waals surface area (Å²) in [4.78, 5) is 14.2. The van der Waals surface area contributed by atoms with Crippen molar-refractivity contribution in [1.82, 2.24) is 0 Å². The molecule has 2 N–H and O–H groups in total. The molecule has 0 unspecified atom stereocenters. The zero-order valence-corrected chi connectivity index (χ0v) is 14.5. The SMILES string of the molecule is C[C@H](N=Cc1cc(Cl)cc([N+](=O)[O-])c1[O-])c1ccc(S(N)(=O)=O)cc1. The standard InChI is InChI=1S/C15H14ClN3O5S/c1-9(10-2-4-13(5-3-10)25(17,23)24)18-8-11-6-12(16)7-14(15(11)20)19(21)22/h2-9,20H,1H3,(H2,17,23,24)/p-1/t9-/m0/s1. The van der Waals surface area contributed by atoms with Gasteiger partial charge in [-0.3, -0.25) is 15.1 Å². The van der Waals surface area contributed by atoms with Crippen LogP contribution in [0, 0.1) is 10.1 Å². The molecule has 0 aliphatic carbocycles. The van der Waals surface area contributed by atoms with Gasteiger partial charge in [0.1, 0.15) is 0 Å². The van der Waals surface area contributed by atoms with Crippen molar-refractivity contribution >= 4 is 33.5 Å². The smallest absolute Gasteiger partial charge is 0.263 e. The van der Waals surface area contributed by atoms with E-state index in [1.807, 2.05) is 0 Å². The summed E-state index contributed by atoms with van der Waals surface area (Å²) < 4.78 is 22.5. The summed E-state index contributed by atoms with van der Waals surface area (Å²) in [6.07, 6.45) is 1.21. The zero-order valence-electron chi connectivity index (χ0n) is 12.9. The van der Waals surface area contributed by atoms with Gasteiger partial charge in [0.05, 0.1) is 15.9 Å². The molecular formula is C15H13ClN3O5S-. The number of nitro benzene ring substituents is 1. The molecule has 0 aliphatic heterocycles. The van der Waals surface area contributed by atoms with Gasteiger partial charge >= 0.3 is 0 Å². The first-order chi connectivity index (χ1) is 11.6. The van der Waals surface area contributed by atoms with E-state index in [2.05, 4.69) is 4.99 Å². The molecule has 1 atom stereocenters. The van der Waals surface area contributed by atoms with Gasteiger partial charge in [-0.1, -0.05) is 23.7 Å². The predicted molar refractivity (Wildman–Crippen MR) is 91.4 cm³/mol. The van der Waals surface area contributed by atoms with Crippen molar-refractivity contribution in [2.45, 2.75) is 17.9 Å². The Kier molecular flexibility index (Phi) is 5.41. The fourth-order valence-electron chi connectivity index (χ4n) is 2.05. The fourth-order valence-corrected chi connectivity index (χ4v) is 2.78. The minimum atomic E-state index is -3.78. The largest absolute Gasteiger partial charge is 0.867 e. The van der Waals surface area contributed by atoms with Gasteiger partial charge in [0.25, 0.3) is 5.69 Å². The fraction of sp³-hybridized carbons (Fsp3) is 0.133. The highest BCUT2D eigenvalue weighted by molar-refractivity contribution is 7.89. The lowest BCUT2D eigenvalue weighted by atomic mass is 10.1. The van der Waals surface area contributed by atoms with E-state index < -0.39 is 32.4 Å². The summed E-state index contributed by atoms with van der Waals surface area (Å²) >= 11 is 5.78. The maximum atomic E-state index is 12.0. The Hall–Kier alpha value is -2.49. The van der Waals surface area contributed by atoms with E-state index in [9.17, 15) is 23.6 Å². The average molecular weight is 383 g/mol. The van der Waals surface area contributed by atoms with Crippen molar-refractivity contribution < 1.29 is 18.4 Å². The Balaban J connectivity index is 2.29. The number of sulfonamides is 1. The molecule has 0 bridgehead atoms. The molecule has 10 heteroatoms. The van der Waals surface area contributed by atoms with Crippen LogP contribution in [0.5, 0.6) is 5.75 Å². The number of halogens is 1. The first kappa shape index (κ1) is 18.8. The number of hydrogen-bond donors (Lipinski definition) is 1. The lowest BCUT2D eigenvalue weighted by Gasteiger charge is -2.12. The molecule has 25 heavy (non-hydrogen) atoms. The number of nitro groups is 1. The van der Waals surface area contributed by atoms with Crippen LogP contribution >= 0.6 is 11.6 Å². The van der Waals surface area contributed by atoms with Gasteiger partial charge < -0.3 is 5.11 Å². The van der Waals surface area contributed by atoms with E-state index in [0.29, 0.717) is 5.56 Å². The van der Waals surface area contributed by atoms with Gasteiger partial charge in [0.2, 0.25) is 10.0 Å². The Bertz CT molecular complexity index is 942. The van der Waals surface area contributed by atoms with Gasteiger partial charge in [-0.15, -0.1) is 0 Å². The van der Waals surface area contributed by atoms with Crippen LogP contribution in [-0.2, 0) is 10.0 Å². The topological polar surface area (TPSA) is 139 Å². The van der Waals surface area contributed by atoms with Crippen LogP contribution in [0.15, 0.2) is 46.3 Å². The molecule has 0 saturated carbocycles. The van der Waals surface area contributed by atoms with Crippen LogP contribution < -0.4 is 10.2 Å². The third-order valence-corrected chi connectivity index (χ3v) is 4.54. The quantitative estimate of drug-likeness (QED) is 0.479. The summed E-state index contributed by atoms with van der Waals surface area (Å²) in [5.41, 5.74) is 0.0407. The van der Waals surface area contributed by atoms with Crippen LogP contribution in [0.1, 0.15) is 24.1 Å². The van der Waals surface area contributed by atoms with Crippen LogP contribution in [0.4, 0.5) is 5.69 Å². The van der Waals surface area contributed by atoms with E-state index in [1.165, 1.54) is 24.4 Å². The van der Waals surface area contributed by atoms with Crippen molar-refractivity contribution in [3.63, 3.8) is 0 Å². The Labute approximate surface area is 148 Å². The van der Waals surface area contributed by atoms with Gasteiger partial charge in [-0.25, -0.2) is 13.6 Å². The molecule has 2 rings (SSSR count). The number of nitrogens with two attached hydrogens (primary N) is 1. The number of primary sulfonamides is 1. The Morgan fingerprint density at radius 2 is 1.88 bits per heavy atom. The van der Waals surface area contributed by atoms with Gasteiger partial charge in [-0.05, 0) is 42.0 Å². The molecule has 2 aromatic carbocycles. The van der Waals surface area contributed by atoms with E-state index in [0.717, 1.165) is 6.07 Å². The highest BCUT2D eigenvalue weighted by atomic mass is 35.5. The molecular weight excluding hydrogens is 370 g/mol. The van der Waals surface area contributed by atoms with Gasteiger partial charge in [-0.2, -0.15) is 0 Å². The normalized spacial score (nSPS) is 13.1. The van der Waals surface area contributed by atoms with Crippen LogP contribution in [-0.4, -0.2) is 19.6 Å². The van der Waals surface area contributed by atoms with Crippen molar-refractivity contribution in [2.24, 2.45) is 10.1 Å². The summed E-state index contributed by atoms with van der Waals surface area (Å²) in [6.45, 7) is 1.71. The summed E-state index contributed by atoms with van der Waals surface area (Å²) in [5.74, 6) is -0.782. The molecule has 0 saturated heterocycles. The maximum Gasteiger partial charge on any atom is 0.263 e. The summed E-state index contributed by atoms with van der Waals surface area (Å²) in [6, 6.07) is 7.63. The third-order valence-electron chi connectivity index (χ3n) is 3.39. The lowest BCUT2D eigenvalue weighted by molar-refractivity contribution is -0.398.